The predicted octanol–water partition coefficient (Wildman–Crippen LogP) is 5.48. The van der Waals surface area contributed by atoms with Gasteiger partial charge < -0.3 is 5.11 Å². The topological polar surface area (TPSA) is 40.5 Å². The molecular formula is C24H25NO2S. The van der Waals surface area contributed by atoms with E-state index in [-0.39, 0.29) is 6.54 Å². The van der Waals surface area contributed by atoms with Crippen molar-refractivity contribution < 1.29 is 9.90 Å². The molecule has 0 saturated heterocycles. The number of thiophene rings is 1. The summed E-state index contributed by atoms with van der Waals surface area (Å²) in [6.07, 6.45) is 2.13. The number of likely N-dealkylation sites (N-methyl/N-ethyl adjacent to an activating group) is 1. The minimum atomic E-state index is -0.813. The van der Waals surface area contributed by atoms with Crippen LogP contribution in [0.4, 0.5) is 0 Å². The Kier molecular flexibility index (Phi) is 6.45. The van der Waals surface area contributed by atoms with Gasteiger partial charge in [-0.15, -0.1) is 11.3 Å². The summed E-state index contributed by atoms with van der Waals surface area (Å²) >= 11 is 1.72. The molecule has 0 aliphatic carbocycles. The van der Waals surface area contributed by atoms with E-state index in [4.69, 9.17) is 5.11 Å². The largest absolute Gasteiger partial charge is 0.480 e. The van der Waals surface area contributed by atoms with Gasteiger partial charge in [-0.3, -0.25) is 9.69 Å². The van der Waals surface area contributed by atoms with Crippen molar-refractivity contribution in [3.63, 3.8) is 0 Å². The maximum atomic E-state index is 10.9. The number of carboxylic acid groups (broad SMARTS) is 1. The highest BCUT2D eigenvalue weighted by Crippen LogP contribution is 2.32. The highest BCUT2D eigenvalue weighted by molar-refractivity contribution is 7.11. The Morgan fingerprint density at radius 1 is 1.07 bits per heavy atom. The molecule has 1 heterocycles. The lowest BCUT2D eigenvalue weighted by molar-refractivity contribution is -0.137. The highest BCUT2D eigenvalue weighted by atomic mass is 32.1. The number of carboxylic acids is 1. The Balaban J connectivity index is 1.92. The van der Waals surface area contributed by atoms with Crippen LogP contribution < -0.4 is 0 Å². The molecule has 0 aliphatic rings. The molecule has 0 atom stereocenters. The standard InChI is InChI=1S/C24H25NO2S/c1-17-5-4-6-21(15-17)19-7-9-20(10-8-19)22(24-18(2)12-14-28-24)11-13-25(3)16-23(26)27/h4-12,14-15H,13,16H2,1-3H3,(H,26,27)/b22-11-. The van der Waals surface area contributed by atoms with Crippen LogP contribution in [0.2, 0.25) is 0 Å². The fraction of sp³-hybridized carbons (Fsp3) is 0.208. The molecule has 3 nitrogen and oxygen atoms in total. The third kappa shape index (κ3) is 4.97. The normalized spacial score (nSPS) is 11.8. The molecule has 2 aromatic carbocycles. The van der Waals surface area contributed by atoms with E-state index in [1.54, 1.807) is 16.2 Å². The summed E-state index contributed by atoms with van der Waals surface area (Å²) in [6, 6.07) is 19.2. The van der Waals surface area contributed by atoms with Crippen molar-refractivity contribution in [1.82, 2.24) is 4.90 Å². The number of aliphatic carboxylic acids is 1. The Morgan fingerprint density at radius 2 is 1.82 bits per heavy atom. The smallest absolute Gasteiger partial charge is 0.317 e. The summed E-state index contributed by atoms with van der Waals surface area (Å²) in [5.74, 6) is -0.813. The first-order chi connectivity index (χ1) is 13.4. The molecule has 0 radical (unpaired) electrons. The van der Waals surface area contributed by atoms with Gasteiger partial charge in [0.1, 0.15) is 0 Å². The lowest BCUT2D eigenvalue weighted by Crippen LogP contribution is -2.25. The average molecular weight is 392 g/mol. The fourth-order valence-corrected chi connectivity index (χ4v) is 4.19. The average Bonchev–Trinajstić information content (AvgIpc) is 3.08. The van der Waals surface area contributed by atoms with Crippen molar-refractivity contribution in [2.75, 3.05) is 20.1 Å². The lowest BCUT2D eigenvalue weighted by atomic mass is 9.97. The van der Waals surface area contributed by atoms with E-state index in [0.29, 0.717) is 6.54 Å². The van der Waals surface area contributed by atoms with Gasteiger partial charge >= 0.3 is 5.97 Å². The molecule has 0 aliphatic heterocycles. The van der Waals surface area contributed by atoms with E-state index in [1.807, 2.05) is 7.05 Å². The first-order valence-electron chi connectivity index (χ1n) is 9.26. The van der Waals surface area contributed by atoms with Crippen LogP contribution in [0, 0.1) is 13.8 Å². The molecule has 0 unspecified atom stereocenters. The van der Waals surface area contributed by atoms with Gasteiger partial charge in [0.15, 0.2) is 0 Å². The zero-order valence-corrected chi connectivity index (χ0v) is 17.3. The molecule has 0 saturated carbocycles. The van der Waals surface area contributed by atoms with Crippen molar-refractivity contribution in [2.24, 2.45) is 0 Å². The van der Waals surface area contributed by atoms with Crippen LogP contribution in [0.25, 0.3) is 16.7 Å². The Bertz CT molecular complexity index is 986. The Hall–Kier alpha value is -2.69. The van der Waals surface area contributed by atoms with Crippen LogP contribution in [0.15, 0.2) is 66.1 Å². The lowest BCUT2D eigenvalue weighted by Gasteiger charge is -2.14. The monoisotopic (exact) mass is 391 g/mol. The van der Waals surface area contributed by atoms with Gasteiger partial charge in [0.2, 0.25) is 0 Å². The van der Waals surface area contributed by atoms with Crippen molar-refractivity contribution >= 4 is 22.9 Å². The quantitative estimate of drug-likeness (QED) is 0.580. The van der Waals surface area contributed by atoms with Gasteiger partial charge in [-0.2, -0.15) is 0 Å². The molecule has 0 bridgehead atoms. The van der Waals surface area contributed by atoms with Gasteiger partial charge in [-0.25, -0.2) is 0 Å². The van der Waals surface area contributed by atoms with Gasteiger partial charge in [0.25, 0.3) is 0 Å². The molecule has 4 heteroatoms. The van der Waals surface area contributed by atoms with E-state index in [1.165, 1.54) is 27.1 Å². The zero-order valence-electron chi connectivity index (χ0n) is 16.5. The van der Waals surface area contributed by atoms with E-state index in [2.05, 4.69) is 79.9 Å². The van der Waals surface area contributed by atoms with Crippen LogP contribution in [-0.4, -0.2) is 36.1 Å². The summed E-state index contributed by atoms with van der Waals surface area (Å²) in [4.78, 5) is 14.0. The van der Waals surface area contributed by atoms with Crippen LogP contribution in [0.5, 0.6) is 0 Å². The van der Waals surface area contributed by atoms with Crippen LogP contribution in [0.1, 0.15) is 21.6 Å². The molecule has 1 aromatic heterocycles. The number of nitrogens with zero attached hydrogens (tertiary/aromatic N) is 1. The number of carbonyl (C=O) groups is 1. The van der Waals surface area contributed by atoms with Crippen LogP contribution in [-0.2, 0) is 4.79 Å². The maximum absolute atomic E-state index is 10.9. The summed E-state index contributed by atoms with van der Waals surface area (Å²) in [5, 5.41) is 11.1. The number of benzene rings is 2. The first-order valence-corrected chi connectivity index (χ1v) is 10.1. The SMILES string of the molecule is Cc1cccc(-c2ccc(/C(=C/CN(C)CC(=O)O)c3sccc3C)cc2)c1. The fourth-order valence-electron chi connectivity index (χ4n) is 3.20. The molecule has 28 heavy (non-hydrogen) atoms. The van der Waals surface area contributed by atoms with Crippen LogP contribution >= 0.6 is 11.3 Å². The number of hydrogen-bond donors (Lipinski definition) is 1. The molecule has 3 rings (SSSR count). The van der Waals surface area contributed by atoms with Gasteiger partial charge in [-0.1, -0.05) is 60.2 Å². The van der Waals surface area contributed by atoms with Crippen molar-refractivity contribution in [3.05, 3.63) is 87.6 Å². The zero-order chi connectivity index (χ0) is 20.1. The van der Waals surface area contributed by atoms with Crippen molar-refractivity contribution in [1.29, 1.82) is 0 Å². The van der Waals surface area contributed by atoms with Crippen molar-refractivity contribution in [3.8, 4) is 11.1 Å². The Labute approximate surface area is 170 Å². The molecular weight excluding hydrogens is 366 g/mol. The van der Waals surface area contributed by atoms with Crippen LogP contribution in [0.3, 0.4) is 0 Å². The van der Waals surface area contributed by atoms with E-state index in [9.17, 15) is 4.79 Å². The maximum Gasteiger partial charge on any atom is 0.317 e. The van der Waals surface area contributed by atoms with Gasteiger partial charge in [-0.05, 0) is 60.2 Å². The summed E-state index contributed by atoms with van der Waals surface area (Å²) in [5.41, 5.74) is 7.19. The van der Waals surface area contributed by atoms with Gasteiger partial charge in [0.05, 0.1) is 6.54 Å². The summed E-state index contributed by atoms with van der Waals surface area (Å²) < 4.78 is 0. The number of hydrogen-bond acceptors (Lipinski definition) is 3. The molecule has 0 spiro atoms. The molecule has 0 amide bonds. The predicted molar refractivity (Wildman–Crippen MR) is 118 cm³/mol. The summed E-state index contributed by atoms with van der Waals surface area (Å²) in [6.45, 7) is 4.83. The molecule has 0 fully saturated rings. The van der Waals surface area contributed by atoms with E-state index >= 15 is 0 Å². The molecule has 144 valence electrons. The van der Waals surface area contributed by atoms with E-state index < -0.39 is 5.97 Å². The first kappa shape index (κ1) is 20.1. The van der Waals surface area contributed by atoms with Gasteiger partial charge in [0, 0.05) is 11.4 Å². The third-order valence-electron chi connectivity index (χ3n) is 4.67. The minimum Gasteiger partial charge on any atom is -0.480 e. The highest BCUT2D eigenvalue weighted by Gasteiger charge is 2.11. The third-order valence-corrected chi connectivity index (χ3v) is 5.72. The Morgan fingerprint density at radius 3 is 2.43 bits per heavy atom. The molecule has 1 N–H and O–H groups in total. The second-order valence-electron chi connectivity index (χ2n) is 7.09. The second kappa shape index (κ2) is 9.00. The van der Waals surface area contributed by atoms with Crippen molar-refractivity contribution in [2.45, 2.75) is 13.8 Å². The molecule has 3 aromatic rings. The second-order valence-corrected chi connectivity index (χ2v) is 8.00. The number of aryl methyl sites for hydroxylation is 2. The number of rotatable bonds is 7. The minimum absolute atomic E-state index is 0.0273. The summed E-state index contributed by atoms with van der Waals surface area (Å²) in [7, 11) is 1.82. The van der Waals surface area contributed by atoms with E-state index in [0.717, 1.165) is 11.1 Å².